The topological polar surface area (TPSA) is 35.2 Å². The summed E-state index contributed by atoms with van der Waals surface area (Å²) in [4.78, 5) is 1.98. The van der Waals surface area contributed by atoms with Crippen LogP contribution in [0, 0.1) is 13.8 Å². The molecule has 92 valence electrons. The van der Waals surface area contributed by atoms with Crippen LogP contribution in [0.3, 0.4) is 0 Å². The average molecular weight is 253 g/mol. The number of hydrogen-bond donors (Lipinski definition) is 1. The van der Waals surface area contributed by atoms with E-state index in [2.05, 4.69) is 4.74 Å². The molecule has 2 N–H and O–H groups in total. The summed E-state index contributed by atoms with van der Waals surface area (Å²) in [5.41, 5.74) is 6.76. The quantitative estimate of drug-likeness (QED) is 0.895. The van der Waals surface area contributed by atoms with Gasteiger partial charge in [0.25, 0.3) is 0 Å². The van der Waals surface area contributed by atoms with Gasteiger partial charge in [-0.05, 0) is 25.5 Å². The van der Waals surface area contributed by atoms with Crippen molar-refractivity contribution in [2.24, 2.45) is 5.73 Å². The molecule has 1 unspecified atom stereocenters. The third kappa shape index (κ3) is 4.11. The molecule has 0 saturated heterocycles. The van der Waals surface area contributed by atoms with Gasteiger partial charge >= 0.3 is 6.18 Å². The highest BCUT2D eigenvalue weighted by atomic mass is 32.1. The second kappa shape index (κ2) is 5.16. The van der Waals surface area contributed by atoms with Gasteiger partial charge in [0.1, 0.15) is 6.61 Å². The first-order valence-electron chi connectivity index (χ1n) is 4.76. The number of halogens is 3. The molecule has 0 radical (unpaired) electrons. The van der Waals surface area contributed by atoms with Crippen LogP contribution in [0.1, 0.15) is 21.4 Å². The van der Waals surface area contributed by atoms with Crippen molar-refractivity contribution in [3.05, 3.63) is 21.4 Å². The van der Waals surface area contributed by atoms with Gasteiger partial charge in [-0.1, -0.05) is 0 Å². The maximum absolute atomic E-state index is 11.8. The van der Waals surface area contributed by atoms with E-state index in [1.165, 1.54) is 11.3 Å². The molecule has 1 aromatic heterocycles. The minimum atomic E-state index is -4.29. The van der Waals surface area contributed by atoms with Crippen LogP contribution in [0.5, 0.6) is 0 Å². The molecule has 6 heteroatoms. The van der Waals surface area contributed by atoms with Crippen molar-refractivity contribution in [3.63, 3.8) is 0 Å². The van der Waals surface area contributed by atoms with Crippen LogP contribution < -0.4 is 5.73 Å². The van der Waals surface area contributed by atoms with Gasteiger partial charge in [-0.25, -0.2) is 0 Å². The zero-order chi connectivity index (χ0) is 12.3. The Bertz CT molecular complexity index is 348. The molecule has 1 aromatic rings. The molecule has 2 nitrogen and oxygen atoms in total. The van der Waals surface area contributed by atoms with Crippen LogP contribution in [0.4, 0.5) is 13.2 Å². The van der Waals surface area contributed by atoms with Crippen molar-refractivity contribution in [3.8, 4) is 0 Å². The second-order valence-electron chi connectivity index (χ2n) is 3.64. The van der Waals surface area contributed by atoms with Gasteiger partial charge in [0.15, 0.2) is 0 Å². The van der Waals surface area contributed by atoms with Gasteiger partial charge < -0.3 is 10.5 Å². The molecule has 1 rings (SSSR count). The van der Waals surface area contributed by atoms with Crippen LogP contribution in [0.15, 0.2) is 6.07 Å². The summed E-state index contributed by atoms with van der Waals surface area (Å²) in [5.74, 6) is 0. The van der Waals surface area contributed by atoms with E-state index in [9.17, 15) is 13.2 Å². The SMILES string of the molecule is Cc1cc(C)c(C(N)COCC(F)(F)F)s1. The van der Waals surface area contributed by atoms with E-state index in [0.29, 0.717) is 0 Å². The summed E-state index contributed by atoms with van der Waals surface area (Å²) in [6, 6.07) is 1.48. The van der Waals surface area contributed by atoms with Crippen molar-refractivity contribution in [1.82, 2.24) is 0 Å². The van der Waals surface area contributed by atoms with Crippen molar-refractivity contribution >= 4 is 11.3 Å². The van der Waals surface area contributed by atoms with E-state index >= 15 is 0 Å². The molecule has 0 aliphatic rings. The fourth-order valence-corrected chi connectivity index (χ4v) is 2.43. The van der Waals surface area contributed by atoms with E-state index < -0.39 is 18.8 Å². The molecular formula is C10H14F3NOS. The molecule has 0 saturated carbocycles. The van der Waals surface area contributed by atoms with Gasteiger partial charge in [-0.15, -0.1) is 11.3 Å². The predicted molar refractivity (Wildman–Crippen MR) is 57.6 cm³/mol. The minimum Gasteiger partial charge on any atom is -0.370 e. The Morgan fingerprint density at radius 3 is 2.50 bits per heavy atom. The minimum absolute atomic E-state index is 0.111. The average Bonchev–Trinajstić information content (AvgIpc) is 2.43. The number of aryl methyl sites for hydroxylation is 2. The molecule has 0 aromatic carbocycles. The molecular weight excluding hydrogens is 239 g/mol. The summed E-state index contributed by atoms with van der Waals surface area (Å²) in [5, 5.41) is 0. The molecule has 0 fully saturated rings. The first-order valence-corrected chi connectivity index (χ1v) is 5.58. The standard InChI is InChI=1S/C10H14F3NOS/c1-6-3-7(2)16-9(6)8(14)4-15-5-10(11,12)13/h3,8H,4-5,14H2,1-2H3. The summed E-state index contributed by atoms with van der Waals surface area (Å²) in [6.07, 6.45) is -4.29. The lowest BCUT2D eigenvalue weighted by Crippen LogP contribution is -2.23. The van der Waals surface area contributed by atoms with E-state index in [1.54, 1.807) is 0 Å². The van der Waals surface area contributed by atoms with Crippen molar-refractivity contribution < 1.29 is 17.9 Å². The maximum atomic E-state index is 11.8. The summed E-state index contributed by atoms with van der Waals surface area (Å²) in [6.45, 7) is 2.47. The Labute approximate surface area is 96.2 Å². The molecule has 1 atom stereocenters. The van der Waals surface area contributed by atoms with Gasteiger partial charge in [0, 0.05) is 9.75 Å². The fraction of sp³-hybridized carbons (Fsp3) is 0.600. The van der Waals surface area contributed by atoms with E-state index in [0.717, 1.165) is 15.3 Å². The van der Waals surface area contributed by atoms with Crippen molar-refractivity contribution in [1.29, 1.82) is 0 Å². The molecule has 0 bridgehead atoms. The number of nitrogens with two attached hydrogens (primary N) is 1. The number of alkyl halides is 3. The summed E-state index contributed by atoms with van der Waals surface area (Å²) in [7, 11) is 0. The second-order valence-corrected chi connectivity index (χ2v) is 4.93. The predicted octanol–water partition coefficient (Wildman–Crippen LogP) is 2.94. The van der Waals surface area contributed by atoms with Gasteiger partial charge in [-0.2, -0.15) is 13.2 Å². The first kappa shape index (κ1) is 13.5. The largest absolute Gasteiger partial charge is 0.411 e. The van der Waals surface area contributed by atoms with E-state index in [-0.39, 0.29) is 6.61 Å². The number of hydrogen-bond acceptors (Lipinski definition) is 3. The highest BCUT2D eigenvalue weighted by molar-refractivity contribution is 7.12. The first-order chi connectivity index (χ1) is 7.29. The third-order valence-electron chi connectivity index (χ3n) is 1.98. The maximum Gasteiger partial charge on any atom is 0.411 e. The van der Waals surface area contributed by atoms with E-state index in [4.69, 9.17) is 5.73 Å². The van der Waals surface area contributed by atoms with Crippen LogP contribution in [-0.2, 0) is 4.74 Å². The van der Waals surface area contributed by atoms with Crippen LogP contribution >= 0.6 is 11.3 Å². The van der Waals surface area contributed by atoms with Crippen molar-refractivity contribution in [2.45, 2.75) is 26.1 Å². The molecule has 0 amide bonds. The zero-order valence-corrected chi connectivity index (χ0v) is 9.91. The summed E-state index contributed by atoms with van der Waals surface area (Å²) < 4.78 is 40.0. The molecule has 16 heavy (non-hydrogen) atoms. The van der Waals surface area contributed by atoms with Gasteiger partial charge in [0.05, 0.1) is 12.6 Å². The normalized spacial score (nSPS) is 14.1. The Morgan fingerprint density at radius 2 is 2.06 bits per heavy atom. The van der Waals surface area contributed by atoms with Gasteiger partial charge in [0.2, 0.25) is 0 Å². The number of rotatable bonds is 4. The monoisotopic (exact) mass is 253 g/mol. The lowest BCUT2D eigenvalue weighted by Gasteiger charge is -2.13. The molecule has 0 aliphatic heterocycles. The molecule has 0 aliphatic carbocycles. The Balaban J connectivity index is 2.47. The fourth-order valence-electron chi connectivity index (χ4n) is 1.40. The lowest BCUT2D eigenvalue weighted by atomic mass is 10.2. The zero-order valence-electron chi connectivity index (χ0n) is 9.10. The van der Waals surface area contributed by atoms with Crippen LogP contribution in [0.25, 0.3) is 0 Å². The Morgan fingerprint density at radius 1 is 1.44 bits per heavy atom. The van der Waals surface area contributed by atoms with Gasteiger partial charge in [-0.3, -0.25) is 0 Å². The van der Waals surface area contributed by atoms with E-state index in [1.807, 2.05) is 19.9 Å². The Hall–Kier alpha value is -0.590. The number of ether oxygens (including phenoxy) is 1. The molecule has 1 heterocycles. The van der Waals surface area contributed by atoms with Crippen LogP contribution in [0.2, 0.25) is 0 Å². The highest BCUT2D eigenvalue weighted by Crippen LogP contribution is 2.26. The smallest absolute Gasteiger partial charge is 0.370 e. The number of thiophene rings is 1. The highest BCUT2D eigenvalue weighted by Gasteiger charge is 2.28. The van der Waals surface area contributed by atoms with Crippen molar-refractivity contribution in [2.75, 3.05) is 13.2 Å². The van der Waals surface area contributed by atoms with Crippen LogP contribution in [-0.4, -0.2) is 19.4 Å². The Kier molecular flexibility index (Phi) is 4.35. The third-order valence-corrected chi connectivity index (χ3v) is 3.26. The molecule has 0 spiro atoms. The lowest BCUT2D eigenvalue weighted by molar-refractivity contribution is -0.174. The summed E-state index contributed by atoms with van der Waals surface area (Å²) >= 11 is 1.49.